The standard InChI is InChI=1S/C13H18FN3O/c14-11-1-3-12(4-2-11)16-7-9-17(10-8-16)13(18)5-6-15/h1-4H,5-10,15H2. The van der Waals surface area contributed by atoms with E-state index in [0.29, 0.717) is 26.1 Å². The number of halogens is 1. The van der Waals surface area contributed by atoms with Crippen molar-refractivity contribution < 1.29 is 9.18 Å². The van der Waals surface area contributed by atoms with E-state index in [9.17, 15) is 9.18 Å². The van der Waals surface area contributed by atoms with Gasteiger partial charge in [-0.2, -0.15) is 0 Å². The van der Waals surface area contributed by atoms with E-state index in [0.717, 1.165) is 18.8 Å². The molecule has 0 unspecified atom stereocenters. The SMILES string of the molecule is NCCC(=O)N1CCN(c2ccc(F)cc2)CC1. The van der Waals surface area contributed by atoms with Gasteiger partial charge in [0, 0.05) is 44.8 Å². The molecule has 1 fully saturated rings. The van der Waals surface area contributed by atoms with Crippen molar-refractivity contribution in [3.8, 4) is 0 Å². The molecule has 0 aromatic heterocycles. The van der Waals surface area contributed by atoms with Crippen LogP contribution in [0.5, 0.6) is 0 Å². The second-order valence-electron chi connectivity index (χ2n) is 4.38. The molecule has 0 bridgehead atoms. The van der Waals surface area contributed by atoms with Gasteiger partial charge < -0.3 is 15.5 Å². The molecule has 0 aliphatic carbocycles. The van der Waals surface area contributed by atoms with Gasteiger partial charge in [0.2, 0.25) is 5.91 Å². The van der Waals surface area contributed by atoms with Crippen LogP contribution in [0, 0.1) is 5.82 Å². The third-order valence-corrected chi connectivity index (χ3v) is 3.18. The minimum absolute atomic E-state index is 0.122. The normalized spacial score (nSPS) is 15.9. The van der Waals surface area contributed by atoms with Gasteiger partial charge in [-0.1, -0.05) is 0 Å². The number of nitrogens with zero attached hydrogens (tertiary/aromatic N) is 2. The van der Waals surface area contributed by atoms with Gasteiger partial charge in [0.25, 0.3) is 0 Å². The Balaban J connectivity index is 1.90. The van der Waals surface area contributed by atoms with Crippen LogP contribution in [-0.2, 0) is 4.79 Å². The first-order valence-electron chi connectivity index (χ1n) is 6.19. The molecule has 0 saturated carbocycles. The minimum atomic E-state index is -0.226. The van der Waals surface area contributed by atoms with Crippen molar-refractivity contribution in [3.05, 3.63) is 30.1 Å². The summed E-state index contributed by atoms with van der Waals surface area (Å²) in [6.07, 6.45) is 0.413. The molecular weight excluding hydrogens is 233 g/mol. The van der Waals surface area contributed by atoms with Crippen LogP contribution in [-0.4, -0.2) is 43.5 Å². The van der Waals surface area contributed by atoms with E-state index >= 15 is 0 Å². The van der Waals surface area contributed by atoms with Crippen LogP contribution in [0.3, 0.4) is 0 Å². The highest BCUT2D eigenvalue weighted by atomic mass is 19.1. The summed E-state index contributed by atoms with van der Waals surface area (Å²) < 4.78 is 12.8. The number of rotatable bonds is 3. The molecule has 1 saturated heterocycles. The number of carbonyl (C=O) groups is 1. The number of anilines is 1. The molecule has 1 heterocycles. The van der Waals surface area contributed by atoms with Crippen LogP contribution < -0.4 is 10.6 Å². The Hall–Kier alpha value is -1.62. The molecule has 1 aromatic carbocycles. The van der Waals surface area contributed by atoms with E-state index in [1.54, 1.807) is 12.1 Å². The molecule has 0 atom stereocenters. The fraction of sp³-hybridized carbons (Fsp3) is 0.462. The van der Waals surface area contributed by atoms with Crippen LogP contribution in [0.15, 0.2) is 24.3 Å². The van der Waals surface area contributed by atoms with Gasteiger partial charge >= 0.3 is 0 Å². The monoisotopic (exact) mass is 251 g/mol. The molecule has 98 valence electrons. The second kappa shape index (κ2) is 5.82. The number of amides is 1. The Morgan fingerprint density at radius 2 is 1.78 bits per heavy atom. The summed E-state index contributed by atoms with van der Waals surface area (Å²) in [5, 5.41) is 0. The molecule has 0 spiro atoms. The summed E-state index contributed by atoms with van der Waals surface area (Å²) in [5.41, 5.74) is 6.38. The lowest BCUT2D eigenvalue weighted by Crippen LogP contribution is -2.49. The molecule has 0 radical (unpaired) electrons. The topological polar surface area (TPSA) is 49.6 Å². The zero-order valence-corrected chi connectivity index (χ0v) is 10.3. The first-order valence-corrected chi connectivity index (χ1v) is 6.19. The average Bonchev–Trinajstić information content (AvgIpc) is 2.40. The number of benzene rings is 1. The summed E-state index contributed by atoms with van der Waals surface area (Å²) in [6.45, 7) is 3.37. The van der Waals surface area contributed by atoms with Gasteiger partial charge in [0.05, 0.1) is 0 Å². The number of hydrogen-bond acceptors (Lipinski definition) is 3. The predicted octanol–water partition coefficient (Wildman–Crippen LogP) is 0.823. The maximum absolute atomic E-state index is 12.8. The van der Waals surface area contributed by atoms with Gasteiger partial charge in [0.1, 0.15) is 5.82 Å². The van der Waals surface area contributed by atoms with Crippen molar-refractivity contribution in [3.63, 3.8) is 0 Å². The molecule has 18 heavy (non-hydrogen) atoms. The summed E-state index contributed by atoms with van der Waals surface area (Å²) in [7, 11) is 0. The highest BCUT2D eigenvalue weighted by molar-refractivity contribution is 5.76. The maximum Gasteiger partial charge on any atom is 0.223 e. The molecule has 5 heteroatoms. The fourth-order valence-corrected chi connectivity index (χ4v) is 2.15. The van der Waals surface area contributed by atoms with Crippen LogP contribution in [0.1, 0.15) is 6.42 Å². The second-order valence-corrected chi connectivity index (χ2v) is 4.38. The molecule has 1 amide bonds. The Labute approximate surface area is 106 Å². The van der Waals surface area contributed by atoms with Crippen LogP contribution >= 0.6 is 0 Å². The highest BCUT2D eigenvalue weighted by Gasteiger charge is 2.20. The van der Waals surface area contributed by atoms with Gasteiger partial charge in [-0.3, -0.25) is 4.79 Å². The van der Waals surface area contributed by atoms with Crippen molar-refractivity contribution >= 4 is 11.6 Å². The summed E-state index contributed by atoms with van der Waals surface area (Å²) >= 11 is 0. The van der Waals surface area contributed by atoms with E-state index in [4.69, 9.17) is 5.73 Å². The zero-order chi connectivity index (χ0) is 13.0. The summed E-state index contributed by atoms with van der Waals surface area (Å²) in [5.74, 6) is -0.105. The van der Waals surface area contributed by atoms with Gasteiger partial charge in [-0.25, -0.2) is 4.39 Å². The average molecular weight is 251 g/mol. The molecule has 4 nitrogen and oxygen atoms in total. The van der Waals surface area contributed by atoms with E-state index in [2.05, 4.69) is 4.90 Å². The molecule has 1 aliphatic rings. The van der Waals surface area contributed by atoms with Gasteiger partial charge in [0.15, 0.2) is 0 Å². The van der Waals surface area contributed by atoms with E-state index < -0.39 is 0 Å². The lowest BCUT2D eigenvalue weighted by Gasteiger charge is -2.36. The predicted molar refractivity (Wildman–Crippen MR) is 68.9 cm³/mol. The lowest BCUT2D eigenvalue weighted by molar-refractivity contribution is -0.131. The number of nitrogens with two attached hydrogens (primary N) is 1. The molecule has 1 aliphatic heterocycles. The first-order chi connectivity index (χ1) is 8.70. The summed E-state index contributed by atoms with van der Waals surface area (Å²) in [4.78, 5) is 15.7. The maximum atomic E-state index is 12.8. The quantitative estimate of drug-likeness (QED) is 0.865. The van der Waals surface area contributed by atoms with Crippen molar-refractivity contribution in [1.82, 2.24) is 4.90 Å². The van der Waals surface area contributed by atoms with Crippen molar-refractivity contribution in [2.24, 2.45) is 5.73 Å². The van der Waals surface area contributed by atoms with E-state index in [1.165, 1.54) is 12.1 Å². The third kappa shape index (κ3) is 2.98. The minimum Gasteiger partial charge on any atom is -0.368 e. The first kappa shape index (κ1) is 12.8. The summed E-state index contributed by atoms with van der Waals surface area (Å²) in [6, 6.07) is 6.46. The van der Waals surface area contributed by atoms with Gasteiger partial charge in [-0.15, -0.1) is 0 Å². The molecule has 2 N–H and O–H groups in total. The number of piperazine rings is 1. The Kier molecular flexibility index (Phi) is 4.15. The third-order valence-electron chi connectivity index (χ3n) is 3.18. The van der Waals surface area contributed by atoms with Crippen molar-refractivity contribution in [2.75, 3.05) is 37.6 Å². The Morgan fingerprint density at radius 1 is 1.17 bits per heavy atom. The number of carbonyl (C=O) groups excluding carboxylic acids is 1. The Morgan fingerprint density at radius 3 is 2.33 bits per heavy atom. The van der Waals surface area contributed by atoms with Crippen molar-refractivity contribution in [1.29, 1.82) is 0 Å². The smallest absolute Gasteiger partial charge is 0.223 e. The molecule has 1 aromatic rings. The van der Waals surface area contributed by atoms with Gasteiger partial charge in [-0.05, 0) is 24.3 Å². The van der Waals surface area contributed by atoms with Crippen LogP contribution in [0.2, 0.25) is 0 Å². The highest BCUT2D eigenvalue weighted by Crippen LogP contribution is 2.17. The van der Waals surface area contributed by atoms with E-state index in [1.807, 2.05) is 4.90 Å². The Bertz CT molecular complexity index is 399. The molecular formula is C13H18FN3O. The van der Waals surface area contributed by atoms with Crippen LogP contribution in [0.4, 0.5) is 10.1 Å². The van der Waals surface area contributed by atoms with E-state index in [-0.39, 0.29) is 11.7 Å². The van der Waals surface area contributed by atoms with Crippen LogP contribution in [0.25, 0.3) is 0 Å². The zero-order valence-electron chi connectivity index (χ0n) is 10.3. The number of hydrogen-bond donors (Lipinski definition) is 1. The lowest BCUT2D eigenvalue weighted by atomic mass is 10.2. The fourth-order valence-electron chi connectivity index (χ4n) is 2.15. The van der Waals surface area contributed by atoms with Crippen molar-refractivity contribution in [2.45, 2.75) is 6.42 Å². The molecule has 2 rings (SSSR count). The largest absolute Gasteiger partial charge is 0.368 e.